The van der Waals surface area contributed by atoms with Crippen molar-refractivity contribution in [2.24, 2.45) is 11.7 Å². The number of hydrogen-bond donors (Lipinski definition) is 2. The van der Waals surface area contributed by atoms with E-state index in [0.29, 0.717) is 19.0 Å². The lowest BCUT2D eigenvalue weighted by Gasteiger charge is -2.20. The average molecular weight is 281 g/mol. The van der Waals surface area contributed by atoms with Crippen LogP contribution in [0.2, 0.25) is 0 Å². The first kappa shape index (κ1) is 17.6. The molecule has 1 amide bonds. The molecule has 1 saturated heterocycles. The minimum atomic E-state index is -0.340. The lowest BCUT2D eigenvalue weighted by molar-refractivity contribution is -0.132. The number of halogens is 1. The maximum atomic E-state index is 11.8. The van der Waals surface area contributed by atoms with Gasteiger partial charge in [0.05, 0.1) is 12.2 Å². The molecule has 0 saturated carbocycles. The van der Waals surface area contributed by atoms with Gasteiger partial charge in [0, 0.05) is 20.2 Å². The Bertz CT molecular complexity index is 251. The van der Waals surface area contributed by atoms with Crippen LogP contribution in [-0.2, 0) is 14.3 Å². The Morgan fingerprint density at radius 3 is 2.61 bits per heavy atom. The van der Waals surface area contributed by atoms with Gasteiger partial charge in [0.1, 0.15) is 6.10 Å². The van der Waals surface area contributed by atoms with E-state index in [0.717, 1.165) is 12.8 Å². The molecule has 5 nitrogen and oxygen atoms in total. The van der Waals surface area contributed by atoms with Crippen LogP contribution in [0, 0.1) is 5.92 Å². The highest BCUT2D eigenvalue weighted by atomic mass is 35.5. The molecule has 0 aromatic rings. The predicted octanol–water partition coefficient (Wildman–Crippen LogP) is 0.702. The number of nitrogens with one attached hydrogen (secondary N) is 1. The third-order valence-electron chi connectivity index (χ3n) is 3.19. The fraction of sp³-hybridized carbons (Fsp3) is 0.917. The van der Waals surface area contributed by atoms with E-state index in [1.54, 1.807) is 7.11 Å². The van der Waals surface area contributed by atoms with E-state index < -0.39 is 0 Å². The summed E-state index contributed by atoms with van der Waals surface area (Å²) in [6.45, 7) is 5.14. The minimum Gasteiger partial charge on any atom is -0.379 e. The van der Waals surface area contributed by atoms with Crippen molar-refractivity contribution in [3.05, 3.63) is 0 Å². The van der Waals surface area contributed by atoms with Gasteiger partial charge in [-0.2, -0.15) is 0 Å². The number of hydrogen-bond acceptors (Lipinski definition) is 4. The first-order chi connectivity index (χ1) is 8.08. The van der Waals surface area contributed by atoms with Crippen LogP contribution in [0.25, 0.3) is 0 Å². The molecule has 18 heavy (non-hydrogen) atoms. The Morgan fingerprint density at radius 2 is 2.17 bits per heavy atom. The van der Waals surface area contributed by atoms with Gasteiger partial charge in [-0.05, 0) is 18.8 Å². The lowest BCUT2D eigenvalue weighted by Crippen LogP contribution is -2.41. The van der Waals surface area contributed by atoms with Gasteiger partial charge < -0.3 is 20.5 Å². The second-order valence-corrected chi connectivity index (χ2v) is 4.82. The second kappa shape index (κ2) is 8.69. The molecule has 1 unspecified atom stereocenters. The summed E-state index contributed by atoms with van der Waals surface area (Å²) in [7, 11) is 1.66. The molecule has 0 aliphatic carbocycles. The summed E-state index contributed by atoms with van der Waals surface area (Å²) in [5, 5.41) is 2.87. The molecule has 108 valence electrons. The van der Waals surface area contributed by atoms with Crippen molar-refractivity contribution in [3.63, 3.8) is 0 Å². The highest BCUT2D eigenvalue weighted by Crippen LogP contribution is 2.18. The zero-order valence-electron chi connectivity index (χ0n) is 11.3. The van der Waals surface area contributed by atoms with Crippen LogP contribution in [0.3, 0.4) is 0 Å². The SMILES string of the molecule is COC(CNC(=O)[C@@H]1CC[C@H](CN)O1)C(C)C.Cl. The summed E-state index contributed by atoms with van der Waals surface area (Å²) >= 11 is 0. The molecule has 0 radical (unpaired) electrons. The van der Waals surface area contributed by atoms with Gasteiger partial charge in [0.2, 0.25) is 5.91 Å². The smallest absolute Gasteiger partial charge is 0.249 e. The zero-order valence-corrected chi connectivity index (χ0v) is 12.2. The molecular formula is C12H25ClN2O3. The number of rotatable bonds is 6. The first-order valence-corrected chi connectivity index (χ1v) is 6.24. The van der Waals surface area contributed by atoms with E-state index in [1.807, 2.05) is 0 Å². The van der Waals surface area contributed by atoms with E-state index in [1.165, 1.54) is 0 Å². The standard InChI is InChI=1S/C12H24N2O3.ClH/c1-8(2)11(16-3)7-14-12(15)10-5-4-9(6-13)17-10;/h8-11H,4-7,13H2,1-3H3,(H,14,15);1H/t9-,10+,11?;/m1./s1. The molecule has 1 fully saturated rings. The molecule has 3 atom stereocenters. The molecule has 1 heterocycles. The molecule has 0 aromatic heterocycles. The fourth-order valence-electron chi connectivity index (χ4n) is 1.98. The van der Waals surface area contributed by atoms with Crippen LogP contribution < -0.4 is 11.1 Å². The first-order valence-electron chi connectivity index (χ1n) is 6.24. The van der Waals surface area contributed by atoms with Gasteiger partial charge in [-0.25, -0.2) is 0 Å². The Labute approximate surface area is 115 Å². The summed E-state index contributed by atoms with van der Waals surface area (Å²) < 4.78 is 10.8. The van der Waals surface area contributed by atoms with Crippen LogP contribution in [0.1, 0.15) is 26.7 Å². The fourth-order valence-corrected chi connectivity index (χ4v) is 1.98. The van der Waals surface area contributed by atoms with Crippen molar-refractivity contribution >= 4 is 18.3 Å². The summed E-state index contributed by atoms with van der Waals surface area (Å²) in [6, 6.07) is 0. The van der Waals surface area contributed by atoms with Crippen molar-refractivity contribution < 1.29 is 14.3 Å². The molecule has 1 rings (SSSR count). The second-order valence-electron chi connectivity index (χ2n) is 4.82. The molecule has 0 spiro atoms. The van der Waals surface area contributed by atoms with Crippen LogP contribution in [0.15, 0.2) is 0 Å². The highest BCUT2D eigenvalue weighted by molar-refractivity contribution is 5.85. The average Bonchev–Trinajstić information content (AvgIpc) is 2.77. The Hall–Kier alpha value is -0.360. The summed E-state index contributed by atoms with van der Waals surface area (Å²) in [6.07, 6.45) is 1.37. The Morgan fingerprint density at radius 1 is 1.50 bits per heavy atom. The van der Waals surface area contributed by atoms with Crippen LogP contribution in [-0.4, -0.2) is 44.4 Å². The summed E-state index contributed by atoms with van der Waals surface area (Å²) in [5.74, 6) is 0.324. The van der Waals surface area contributed by atoms with Crippen molar-refractivity contribution in [2.45, 2.75) is 45.0 Å². The number of methoxy groups -OCH3 is 1. The van der Waals surface area contributed by atoms with Crippen LogP contribution in [0.5, 0.6) is 0 Å². The number of carbonyl (C=O) groups excluding carboxylic acids is 1. The number of carbonyl (C=O) groups is 1. The van der Waals surface area contributed by atoms with E-state index in [2.05, 4.69) is 19.2 Å². The van der Waals surface area contributed by atoms with Gasteiger partial charge in [-0.15, -0.1) is 12.4 Å². The quantitative estimate of drug-likeness (QED) is 0.751. The van der Waals surface area contributed by atoms with E-state index in [9.17, 15) is 4.79 Å². The van der Waals surface area contributed by atoms with Gasteiger partial charge in [0.25, 0.3) is 0 Å². The third-order valence-corrected chi connectivity index (χ3v) is 3.19. The number of nitrogens with two attached hydrogens (primary N) is 1. The molecule has 0 aromatic carbocycles. The van der Waals surface area contributed by atoms with Crippen molar-refractivity contribution in [3.8, 4) is 0 Å². The van der Waals surface area contributed by atoms with Gasteiger partial charge in [0.15, 0.2) is 0 Å². The van der Waals surface area contributed by atoms with Gasteiger partial charge in [-0.3, -0.25) is 4.79 Å². The van der Waals surface area contributed by atoms with E-state index >= 15 is 0 Å². The molecular weight excluding hydrogens is 256 g/mol. The van der Waals surface area contributed by atoms with Crippen LogP contribution >= 0.6 is 12.4 Å². The minimum absolute atomic E-state index is 0. The largest absolute Gasteiger partial charge is 0.379 e. The topological polar surface area (TPSA) is 73.6 Å². The van der Waals surface area contributed by atoms with Crippen molar-refractivity contribution in [2.75, 3.05) is 20.2 Å². The van der Waals surface area contributed by atoms with Crippen molar-refractivity contribution in [1.29, 1.82) is 0 Å². The summed E-state index contributed by atoms with van der Waals surface area (Å²) in [5.41, 5.74) is 5.50. The third kappa shape index (κ3) is 5.10. The molecule has 0 bridgehead atoms. The molecule has 1 aliphatic heterocycles. The van der Waals surface area contributed by atoms with Crippen molar-refractivity contribution in [1.82, 2.24) is 5.32 Å². The van der Waals surface area contributed by atoms with E-state index in [4.69, 9.17) is 15.2 Å². The monoisotopic (exact) mass is 280 g/mol. The summed E-state index contributed by atoms with van der Waals surface area (Å²) in [4.78, 5) is 11.8. The number of amides is 1. The maximum absolute atomic E-state index is 11.8. The maximum Gasteiger partial charge on any atom is 0.249 e. The molecule has 1 aliphatic rings. The lowest BCUT2D eigenvalue weighted by atomic mass is 10.1. The predicted molar refractivity (Wildman–Crippen MR) is 72.8 cm³/mol. The number of ether oxygens (including phenoxy) is 2. The van der Waals surface area contributed by atoms with Gasteiger partial charge in [-0.1, -0.05) is 13.8 Å². The Kier molecular flexibility index (Phi) is 8.52. The van der Waals surface area contributed by atoms with Gasteiger partial charge >= 0.3 is 0 Å². The Balaban J connectivity index is 0.00000289. The normalized spacial score (nSPS) is 24.7. The molecule has 3 N–H and O–H groups in total. The highest BCUT2D eigenvalue weighted by Gasteiger charge is 2.30. The zero-order chi connectivity index (χ0) is 12.8. The van der Waals surface area contributed by atoms with E-state index in [-0.39, 0.29) is 36.6 Å². The molecule has 6 heteroatoms. The van der Waals surface area contributed by atoms with Crippen LogP contribution in [0.4, 0.5) is 0 Å².